The summed E-state index contributed by atoms with van der Waals surface area (Å²) in [7, 11) is 0. The van der Waals surface area contributed by atoms with E-state index in [1.165, 1.54) is 11.8 Å². The average molecular weight is 469 g/mol. The molecule has 0 spiro atoms. The number of hydrogen-bond acceptors (Lipinski definition) is 7. The maximum absolute atomic E-state index is 13.6. The molecule has 5 aromatic rings. The van der Waals surface area contributed by atoms with E-state index in [4.69, 9.17) is 11.6 Å². The molecule has 0 aliphatic heterocycles. The molecule has 0 N–H and O–H groups in total. The van der Waals surface area contributed by atoms with Crippen molar-refractivity contribution < 1.29 is 0 Å². The molecule has 0 unspecified atom stereocenters. The van der Waals surface area contributed by atoms with Crippen LogP contribution in [-0.4, -0.2) is 28.8 Å². The van der Waals surface area contributed by atoms with E-state index in [2.05, 4.69) is 33.6 Å². The topological polar surface area (TPSA) is 78.0 Å². The molecule has 10 heteroatoms. The summed E-state index contributed by atoms with van der Waals surface area (Å²) in [6.07, 6.45) is 0. The highest BCUT2D eigenvalue weighted by Crippen LogP contribution is 2.29. The SMILES string of the molecule is CC(C)c1ccccc1-n1c(=O)c2ccccc2n2c(SCc3nnsc3Cl)nnc12. The smallest absolute Gasteiger partial charge is 0.267 e. The predicted octanol–water partition coefficient (Wildman–Crippen LogP) is 4.95. The average Bonchev–Trinajstić information content (AvgIpc) is 3.38. The number of nitrogens with zero attached hydrogens (tertiary/aromatic N) is 6. The summed E-state index contributed by atoms with van der Waals surface area (Å²) in [5.41, 5.74) is 3.23. The van der Waals surface area contributed by atoms with E-state index in [1.807, 2.05) is 52.9 Å². The third kappa shape index (κ3) is 3.42. The summed E-state index contributed by atoms with van der Waals surface area (Å²) >= 11 is 8.77. The number of benzene rings is 2. The van der Waals surface area contributed by atoms with Crippen molar-refractivity contribution >= 4 is 51.6 Å². The molecule has 3 heterocycles. The fraction of sp³-hybridized carbons (Fsp3) is 0.190. The van der Waals surface area contributed by atoms with Crippen molar-refractivity contribution in [3.63, 3.8) is 0 Å². The van der Waals surface area contributed by atoms with Crippen molar-refractivity contribution in [2.45, 2.75) is 30.7 Å². The second-order valence-electron chi connectivity index (χ2n) is 7.27. The maximum Gasteiger partial charge on any atom is 0.267 e. The van der Waals surface area contributed by atoms with Crippen molar-refractivity contribution in [3.05, 3.63) is 74.5 Å². The molecule has 2 aromatic carbocycles. The number of halogens is 1. The van der Waals surface area contributed by atoms with Gasteiger partial charge in [-0.25, -0.2) is 4.57 Å². The highest BCUT2D eigenvalue weighted by molar-refractivity contribution is 7.98. The Labute approximate surface area is 190 Å². The zero-order valence-electron chi connectivity index (χ0n) is 16.7. The summed E-state index contributed by atoms with van der Waals surface area (Å²) in [5.74, 6) is 1.22. The molecule has 0 radical (unpaired) electrons. The third-order valence-corrected chi connectivity index (χ3v) is 6.97. The van der Waals surface area contributed by atoms with E-state index in [0.717, 1.165) is 28.3 Å². The Morgan fingerprint density at radius 3 is 2.61 bits per heavy atom. The van der Waals surface area contributed by atoms with Crippen molar-refractivity contribution in [3.8, 4) is 5.69 Å². The van der Waals surface area contributed by atoms with Crippen LogP contribution in [0.2, 0.25) is 4.34 Å². The highest BCUT2D eigenvalue weighted by atomic mass is 35.5. The van der Waals surface area contributed by atoms with Crippen LogP contribution < -0.4 is 5.56 Å². The Bertz CT molecular complexity index is 1470. The lowest BCUT2D eigenvalue weighted by Crippen LogP contribution is -2.23. The van der Waals surface area contributed by atoms with Gasteiger partial charge in [0.15, 0.2) is 5.16 Å². The molecule has 0 amide bonds. The van der Waals surface area contributed by atoms with Crippen molar-refractivity contribution in [1.82, 2.24) is 28.8 Å². The fourth-order valence-electron chi connectivity index (χ4n) is 3.58. The predicted molar refractivity (Wildman–Crippen MR) is 125 cm³/mol. The zero-order valence-corrected chi connectivity index (χ0v) is 19.1. The van der Waals surface area contributed by atoms with Crippen LogP contribution in [0.15, 0.2) is 58.5 Å². The lowest BCUT2D eigenvalue weighted by molar-refractivity contribution is 0.837. The maximum atomic E-state index is 13.6. The van der Waals surface area contributed by atoms with Gasteiger partial charge >= 0.3 is 0 Å². The molecular formula is C21H17ClN6OS2. The molecule has 0 saturated heterocycles. The van der Waals surface area contributed by atoms with Crippen LogP contribution in [0.1, 0.15) is 31.0 Å². The minimum Gasteiger partial charge on any atom is -0.268 e. The minimum atomic E-state index is -0.119. The molecule has 0 bridgehead atoms. The summed E-state index contributed by atoms with van der Waals surface area (Å²) in [5, 5.41) is 14.2. The lowest BCUT2D eigenvalue weighted by Gasteiger charge is -2.16. The Kier molecular flexibility index (Phi) is 5.25. The molecule has 0 aliphatic rings. The van der Waals surface area contributed by atoms with Gasteiger partial charge in [0, 0.05) is 17.3 Å². The van der Waals surface area contributed by atoms with Crippen LogP contribution in [-0.2, 0) is 5.75 Å². The quantitative estimate of drug-likeness (QED) is 0.339. The van der Waals surface area contributed by atoms with Gasteiger partial charge in [-0.15, -0.1) is 15.3 Å². The molecule has 31 heavy (non-hydrogen) atoms. The van der Waals surface area contributed by atoms with Gasteiger partial charge in [0.2, 0.25) is 5.78 Å². The van der Waals surface area contributed by atoms with Gasteiger partial charge in [-0.05, 0) is 29.7 Å². The van der Waals surface area contributed by atoms with Crippen molar-refractivity contribution in [1.29, 1.82) is 0 Å². The van der Waals surface area contributed by atoms with Crippen LogP contribution >= 0.6 is 34.9 Å². The van der Waals surface area contributed by atoms with E-state index >= 15 is 0 Å². The zero-order chi connectivity index (χ0) is 21.5. The minimum absolute atomic E-state index is 0.119. The first kappa shape index (κ1) is 20.2. The number of para-hydroxylation sites is 2. The number of aromatic nitrogens is 6. The molecule has 0 aliphatic carbocycles. The monoisotopic (exact) mass is 468 g/mol. The first-order valence-electron chi connectivity index (χ1n) is 9.64. The number of thioether (sulfide) groups is 1. The van der Waals surface area contributed by atoms with Gasteiger partial charge in [-0.1, -0.05) is 72.0 Å². The van der Waals surface area contributed by atoms with E-state index in [9.17, 15) is 4.79 Å². The molecule has 0 fully saturated rings. The van der Waals surface area contributed by atoms with Gasteiger partial charge < -0.3 is 0 Å². The fourth-order valence-corrected chi connectivity index (χ4v) is 5.26. The molecule has 156 valence electrons. The Morgan fingerprint density at radius 2 is 1.84 bits per heavy atom. The van der Waals surface area contributed by atoms with Crippen LogP contribution in [0.5, 0.6) is 0 Å². The van der Waals surface area contributed by atoms with Gasteiger partial charge in [-0.2, -0.15) is 0 Å². The van der Waals surface area contributed by atoms with Crippen molar-refractivity contribution in [2.24, 2.45) is 0 Å². The van der Waals surface area contributed by atoms with Crippen molar-refractivity contribution in [2.75, 3.05) is 0 Å². The molecule has 7 nitrogen and oxygen atoms in total. The number of rotatable bonds is 5. The first-order chi connectivity index (χ1) is 15.1. The molecule has 0 atom stereocenters. The lowest BCUT2D eigenvalue weighted by atomic mass is 10.0. The van der Waals surface area contributed by atoms with Gasteiger partial charge in [-0.3, -0.25) is 9.20 Å². The van der Waals surface area contributed by atoms with Crippen LogP contribution in [0.25, 0.3) is 22.4 Å². The second-order valence-corrected chi connectivity index (χ2v) is 9.57. The number of fused-ring (bicyclic) bond motifs is 3. The molecule has 5 rings (SSSR count). The van der Waals surface area contributed by atoms with E-state index < -0.39 is 0 Å². The van der Waals surface area contributed by atoms with Crippen LogP contribution in [0.3, 0.4) is 0 Å². The second kappa shape index (κ2) is 8.07. The molecule has 0 saturated carbocycles. The normalized spacial score (nSPS) is 11.7. The molecule has 3 aromatic heterocycles. The Balaban J connectivity index is 1.77. The van der Waals surface area contributed by atoms with Gasteiger partial charge in [0.25, 0.3) is 5.56 Å². The standard InChI is InChI=1S/C21H17ClN6OS2/c1-12(2)13-7-3-5-9-16(13)27-19(29)14-8-4-6-10-17(14)28-20(27)24-25-21(28)30-11-15-18(22)31-26-23-15/h3-10,12H,11H2,1-2H3. The largest absolute Gasteiger partial charge is 0.268 e. The third-order valence-electron chi connectivity index (χ3n) is 5.04. The highest BCUT2D eigenvalue weighted by Gasteiger charge is 2.20. The number of hydrogen-bond donors (Lipinski definition) is 0. The molecular weight excluding hydrogens is 452 g/mol. The van der Waals surface area contributed by atoms with E-state index in [1.54, 1.807) is 4.57 Å². The van der Waals surface area contributed by atoms with Crippen LogP contribution in [0, 0.1) is 0 Å². The summed E-state index contributed by atoms with van der Waals surface area (Å²) < 4.78 is 8.03. The van der Waals surface area contributed by atoms with Gasteiger partial charge in [0.05, 0.1) is 16.6 Å². The first-order valence-corrected chi connectivity index (χ1v) is 11.8. The van der Waals surface area contributed by atoms with Crippen LogP contribution in [0.4, 0.5) is 0 Å². The van der Waals surface area contributed by atoms with E-state index in [0.29, 0.717) is 32.1 Å². The summed E-state index contributed by atoms with van der Waals surface area (Å²) in [6, 6.07) is 15.4. The Hall–Kier alpha value is -2.75. The Morgan fingerprint density at radius 1 is 1.06 bits per heavy atom. The summed E-state index contributed by atoms with van der Waals surface area (Å²) in [4.78, 5) is 13.6. The van der Waals surface area contributed by atoms with Gasteiger partial charge in [0.1, 0.15) is 10.0 Å². The van der Waals surface area contributed by atoms with E-state index in [-0.39, 0.29) is 11.5 Å². The summed E-state index contributed by atoms with van der Waals surface area (Å²) in [6.45, 7) is 4.22.